The van der Waals surface area contributed by atoms with Crippen molar-refractivity contribution in [2.75, 3.05) is 20.7 Å². The van der Waals surface area contributed by atoms with E-state index in [1.165, 1.54) is 19.3 Å². The monoisotopic (exact) mass is 242 g/mol. The molecule has 0 aromatic rings. The Balaban J connectivity index is 2.58. The fraction of sp³-hybridized carbons (Fsp3) is 0.923. The van der Waals surface area contributed by atoms with Gasteiger partial charge in [0, 0.05) is 19.0 Å². The molecule has 2 N–H and O–H groups in total. The van der Waals surface area contributed by atoms with Gasteiger partial charge in [0.25, 0.3) is 0 Å². The Bertz CT molecular complexity index is 250. The second kappa shape index (κ2) is 6.36. The molecule has 0 aromatic carbocycles. The van der Waals surface area contributed by atoms with E-state index in [9.17, 15) is 4.79 Å². The molecule has 17 heavy (non-hydrogen) atoms. The van der Waals surface area contributed by atoms with Gasteiger partial charge in [0.1, 0.15) is 0 Å². The number of rotatable bonds is 5. The summed E-state index contributed by atoms with van der Waals surface area (Å²) < 4.78 is 0. The van der Waals surface area contributed by atoms with Crippen molar-refractivity contribution >= 4 is 5.91 Å². The molecular formula is C13H26N2O2. The molecule has 0 spiro atoms. The van der Waals surface area contributed by atoms with E-state index < -0.39 is 0 Å². The molecule has 0 bridgehead atoms. The van der Waals surface area contributed by atoms with E-state index in [0.717, 1.165) is 12.8 Å². The molecule has 1 rings (SSSR count). The van der Waals surface area contributed by atoms with Crippen LogP contribution in [0, 0.1) is 0 Å². The van der Waals surface area contributed by atoms with Crippen LogP contribution in [0.25, 0.3) is 0 Å². The predicted molar refractivity (Wildman–Crippen MR) is 68.8 cm³/mol. The highest BCUT2D eigenvalue weighted by atomic mass is 16.3. The summed E-state index contributed by atoms with van der Waals surface area (Å²) in [6.07, 6.45) is 6.39. The van der Waals surface area contributed by atoms with Crippen molar-refractivity contribution in [1.82, 2.24) is 10.2 Å². The Hall–Kier alpha value is -0.610. The standard InChI is InChI=1S/C13H26N2O2/c1-11(10-16)15(3)12(17)9-13(14-2)7-5-4-6-8-13/h11,14,16H,4-10H2,1-3H3. The molecule has 1 amide bonds. The summed E-state index contributed by atoms with van der Waals surface area (Å²) in [5.41, 5.74) is -0.0151. The molecule has 0 heterocycles. The predicted octanol–water partition coefficient (Wildman–Crippen LogP) is 1.14. The van der Waals surface area contributed by atoms with E-state index in [4.69, 9.17) is 5.11 Å². The average Bonchev–Trinajstić information content (AvgIpc) is 2.37. The Morgan fingerprint density at radius 1 is 1.41 bits per heavy atom. The van der Waals surface area contributed by atoms with E-state index >= 15 is 0 Å². The summed E-state index contributed by atoms with van der Waals surface area (Å²) in [4.78, 5) is 13.8. The summed E-state index contributed by atoms with van der Waals surface area (Å²) in [6, 6.07) is -0.0972. The van der Waals surface area contributed by atoms with Gasteiger partial charge < -0.3 is 15.3 Å². The van der Waals surface area contributed by atoms with Gasteiger partial charge in [0.15, 0.2) is 0 Å². The quantitative estimate of drug-likeness (QED) is 0.760. The zero-order valence-corrected chi connectivity index (χ0v) is 11.3. The first-order chi connectivity index (χ1) is 8.04. The highest BCUT2D eigenvalue weighted by Crippen LogP contribution is 2.31. The summed E-state index contributed by atoms with van der Waals surface area (Å²) in [5, 5.41) is 12.4. The van der Waals surface area contributed by atoms with Gasteiger partial charge in [-0.1, -0.05) is 19.3 Å². The molecule has 1 saturated carbocycles. The molecule has 1 fully saturated rings. The molecule has 1 unspecified atom stereocenters. The minimum atomic E-state index is -0.0972. The Morgan fingerprint density at radius 2 is 2.00 bits per heavy atom. The van der Waals surface area contributed by atoms with Crippen molar-refractivity contribution in [3.05, 3.63) is 0 Å². The van der Waals surface area contributed by atoms with Gasteiger partial charge in [-0.15, -0.1) is 0 Å². The third kappa shape index (κ3) is 3.68. The lowest BCUT2D eigenvalue weighted by Crippen LogP contribution is -2.50. The first-order valence-electron chi connectivity index (χ1n) is 6.60. The van der Waals surface area contributed by atoms with Gasteiger partial charge in [0.2, 0.25) is 5.91 Å². The van der Waals surface area contributed by atoms with Crippen LogP contribution in [0.1, 0.15) is 45.4 Å². The maximum atomic E-state index is 12.2. The smallest absolute Gasteiger partial charge is 0.224 e. The fourth-order valence-corrected chi connectivity index (χ4v) is 2.53. The molecular weight excluding hydrogens is 216 g/mol. The van der Waals surface area contributed by atoms with Crippen molar-refractivity contribution in [3.8, 4) is 0 Å². The Kier molecular flexibility index (Phi) is 5.40. The number of amides is 1. The number of carbonyl (C=O) groups is 1. The van der Waals surface area contributed by atoms with E-state index in [2.05, 4.69) is 5.32 Å². The number of carbonyl (C=O) groups excluding carboxylic acids is 1. The minimum absolute atomic E-state index is 0.0151. The maximum Gasteiger partial charge on any atom is 0.224 e. The normalized spacial score (nSPS) is 20.9. The van der Waals surface area contributed by atoms with Gasteiger partial charge in [-0.05, 0) is 26.8 Å². The van der Waals surface area contributed by atoms with Gasteiger partial charge in [-0.25, -0.2) is 0 Å². The van der Waals surface area contributed by atoms with Crippen LogP contribution < -0.4 is 5.32 Å². The summed E-state index contributed by atoms with van der Waals surface area (Å²) in [5.74, 6) is 0.128. The number of hydrogen-bond acceptors (Lipinski definition) is 3. The second-order valence-electron chi connectivity index (χ2n) is 5.30. The molecule has 0 aromatic heterocycles. The molecule has 0 aliphatic heterocycles. The number of nitrogens with zero attached hydrogens (tertiary/aromatic N) is 1. The van der Waals surface area contributed by atoms with Crippen LogP contribution in [-0.2, 0) is 4.79 Å². The molecule has 0 saturated heterocycles. The van der Waals surface area contributed by atoms with Gasteiger partial charge in [0.05, 0.1) is 12.6 Å². The zero-order chi connectivity index (χ0) is 12.9. The molecule has 4 heteroatoms. The third-order valence-corrected chi connectivity index (χ3v) is 4.15. The van der Waals surface area contributed by atoms with Crippen LogP contribution in [0.15, 0.2) is 0 Å². The van der Waals surface area contributed by atoms with Crippen LogP contribution in [0.3, 0.4) is 0 Å². The maximum absolute atomic E-state index is 12.2. The SMILES string of the molecule is CNC1(CC(=O)N(C)C(C)CO)CCCCC1. The zero-order valence-electron chi connectivity index (χ0n) is 11.3. The first-order valence-corrected chi connectivity index (χ1v) is 6.60. The highest BCUT2D eigenvalue weighted by molar-refractivity contribution is 5.77. The lowest BCUT2D eigenvalue weighted by Gasteiger charge is -2.38. The van der Waals surface area contributed by atoms with Crippen LogP contribution in [0.2, 0.25) is 0 Å². The lowest BCUT2D eigenvalue weighted by atomic mass is 9.79. The Morgan fingerprint density at radius 3 is 2.47 bits per heavy atom. The molecule has 0 radical (unpaired) electrons. The number of nitrogens with one attached hydrogen (secondary N) is 1. The van der Waals surface area contributed by atoms with Crippen molar-refractivity contribution in [3.63, 3.8) is 0 Å². The van der Waals surface area contributed by atoms with Crippen LogP contribution in [0.4, 0.5) is 0 Å². The van der Waals surface area contributed by atoms with Gasteiger partial charge >= 0.3 is 0 Å². The first kappa shape index (κ1) is 14.5. The van der Waals surface area contributed by atoms with E-state index in [0.29, 0.717) is 6.42 Å². The van der Waals surface area contributed by atoms with Gasteiger partial charge in [-0.3, -0.25) is 4.79 Å². The molecule has 4 nitrogen and oxygen atoms in total. The van der Waals surface area contributed by atoms with E-state index in [-0.39, 0.29) is 24.1 Å². The van der Waals surface area contributed by atoms with Gasteiger partial charge in [-0.2, -0.15) is 0 Å². The lowest BCUT2D eigenvalue weighted by molar-refractivity contribution is -0.134. The van der Waals surface area contributed by atoms with E-state index in [1.54, 1.807) is 11.9 Å². The molecule has 1 atom stereocenters. The summed E-state index contributed by atoms with van der Waals surface area (Å²) in [7, 11) is 3.73. The minimum Gasteiger partial charge on any atom is -0.394 e. The number of aliphatic hydroxyl groups excluding tert-OH is 1. The van der Waals surface area contributed by atoms with E-state index in [1.807, 2.05) is 14.0 Å². The van der Waals surface area contributed by atoms with Crippen LogP contribution in [-0.4, -0.2) is 48.2 Å². The van der Waals surface area contributed by atoms with Crippen LogP contribution >= 0.6 is 0 Å². The molecule has 100 valence electrons. The van der Waals surface area contributed by atoms with Crippen molar-refractivity contribution in [1.29, 1.82) is 0 Å². The highest BCUT2D eigenvalue weighted by Gasteiger charge is 2.34. The third-order valence-electron chi connectivity index (χ3n) is 4.15. The number of aliphatic hydroxyl groups is 1. The summed E-state index contributed by atoms with van der Waals surface area (Å²) in [6.45, 7) is 1.89. The largest absolute Gasteiger partial charge is 0.394 e. The molecule has 1 aliphatic rings. The number of hydrogen-bond donors (Lipinski definition) is 2. The second-order valence-corrected chi connectivity index (χ2v) is 5.30. The van der Waals surface area contributed by atoms with Crippen molar-refractivity contribution < 1.29 is 9.90 Å². The molecule has 1 aliphatic carbocycles. The average molecular weight is 242 g/mol. The van der Waals surface area contributed by atoms with Crippen molar-refractivity contribution in [2.24, 2.45) is 0 Å². The summed E-state index contributed by atoms with van der Waals surface area (Å²) >= 11 is 0. The number of likely N-dealkylation sites (N-methyl/N-ethyl adjacent to an activating group) is 1. The van der Waals surface area contributed by atoms with Crippen molar-refractivity contribution in [2.45, 2.75) is 57.0 Å². The topological polar surface area (TPSA) is 52.6 Å². The fourth-order valence-electron chi connectivity index (χ4n) is 2.53. The van der Waals surface area contributed by atoms with Crippen LogP contribution in [0.5, 0.6) is 0 Å². The Labute approximate surface area is 104 Å².